The quantitative estimate of drug-likeness (QED) is 0.306. The van der Waals surface area contributed by atoms with Gasteiger partial charge in [-0.2, -0.15) is 0 Å². The molecule has 5 rings (SSSR count). The summed E-state index contributed by atoms with van der Waals surface area (Å²) < 4.78 is 0. The molecular formula is C34H48CoN2O4. The van der Waals surface area contributed by atoms with Gasteiger partial charge in [0.2, 0.25) is 0 Å². The van der Waals surface area contributed by atoms with Crippen LogP contribution in [0.3, 0.4) is 0 Å². The predicted molar refractivity (Wildman–Crippen MR) is 164 cm³/mol. The van der Waals surface area contributed by atoms with E-state index in [9.17, 15) is 10.2 Å². The third kappa shape index (κ3) is 7.61. The van der Waals surface area contributed by atoms with Crippen molar-refractivity contribution in [3.63, 3.8) is 0 Å². The molecule has 3 aliphatic carbocycles. The topological polar surface area (TPSA) is 102 Å². The third-order valence-corrected chi connectivity index (χ3v) is 8.85. The van der Waals surface area contributed by atoms with Crippen LogP contribution >= 0.6 is 0 Å². The fourth-order valence-corrected chi connectivity index (χ4v) is 6.44. The van der Waals surface area contributed by atoms with Crippen LogP contribution in [0, 0.1) is 17.3 Å². The second-order valence-electron chi connectivity index (χ2n) is 14.2. The Labute approximate surface area is 256 Å². The van der Waals surface area contributed by atoms with Gasteiger partial charge < -0.3 is 15.3 Å². The molecular weight excluding hydrogens is 559 g/mol. The number of aromatic hydroxyl groups is 2. The molecule has 227 valence electrons. The number of carboxylic acid groups (broad SMARTS) is 1. The van der Waals surface area contributed by atoms with E-state index >= 15 is 0 Å². The number of phenols is 2. The number of hydrogen-bond acceptors (Lipinski definition) is 5. The SMILES string of the molecule is CC(=O)O.CC(C)(C)c1cccc(C=NCC2(N=Cc3cccc(C(C)(C)C)c3O)CC[C@@H]3CC2C3(C)C)c1O.[Co]. The molecule has 2 aromatic carbocycles. The van der Waals surface area contributed by atoms with Crippen LogP contribution in [0.4, 0.5) is 0 Å². The van der Waals surface area contributed by atoms with E-state index in [0.29, 0.717) is 24.0 Å². The Morgan fingerprint density at radius 2 is 1.39 bits per heavy atom. The summed E-state index contributed by atoms with van der Waals surface area (Å²) in [6, 6.07) is 11.8. The first kappa shape index (κ1) is 34.6. The second kappa shape index (κ2) is 12.7. The van der Waals surface area contributed by atoms with E-state index in [-0.39, 0.29) is 38.6 Å². The minimum Gasteiger partial charge on any atom is -0.507 e. The molecule has 2 unspecified atom stereocenters. The molecule has 0 aromatic heterocycles. The Morgan fingerprint density at radius 3 is 1.80 bits per heavy atom. The summed E-state index contributed by atoms with van der Waals surface area (Å²) in [7, 11) is 0. The van der Waals surface area contributed by atoms with E-state index in [1.54, 1.807) is 0 Å². The smallest absolute Gasteiger partial charge is 0.300 e. The van der Waals surface area contributed by atoms with Gasteiger partial charge in [0.25, 0.3) is 5.97 Å². The van der Waals surface area contributed by atoms with Crippen molar-refractivity contribution in [1.82, 2.24) is 0 Å². The number of nitrogens with zero attached hydrogens (tertiary/aromatic N) is 2. The average Bonchev–Trinajstić information content (AvgIpc) is 2.82. The van der Waals surface area contributed by atoms with Crippen molar-refractivity contribution in [3.05, 3.63) is 58.7 Å². The summed E-state index contributed by atoms with van der Waals surface area (Å²) in [5.74, 6) is 0.986. The Balaban J connectivity index is 0.00000110. The first-order chi connectivity index (χ1) is 18.4. The number of para-hydroxylation sites is 2. The van der Waals surface area contributed by atoms with E-state index in [4.69, 9.17) is 19.9 Å². The van der Waals surface area contributed by atoms with E-state index in [0.717, 1.165) is 47.9 Å². The predicted octanol–water partition coefficient (Wildman–Crippen LogP) is 7.51. The summed E-state index contributed by atoms with van der Waals surface area (Å²) in [6.07, 6.45) is 7.02. The number of phenolic OH excluding ortho intramolecular Hbond substituents is 2. The Bertz CT molecular complexity index is 1280. The van der Waals surface area contributed by atoms with E-state index in [1.165, 1.54) is 6.42 Å². The third-order valence-electron chi connectivity index (χ3n) is 8.85. The summed E-state index contributed by atoms with van der Waals surface area (Å²) in [6.45, 7) is 19.0. The van der Waals surface area contributed by atoms with Gasteiger partial charge in [0.15, 0.2) is 0 Å². The molecule has 3 fully saturated rings. The summed E-state index contributed by atoms with van der Waals surface area (Å²) in [4.78, 5) is 19.1. The standard InChI is InChI=1S/C32H44N2O2.C2H4O2.Co/c1-29(2,3)24-13-9-11-21(27(24)35)18-33-20-32(16-15-23-17-26(32)31(23,7)8)34-19-22-12-10-14-25(28(22)36)30(4,5)6;1-2(3)4;/h9-14,18-19,23,26,35-36H,15-17,20H2,1-8H3;1H3,(H,3,4);/t23-,26?,32?;;/m1../s1. The maximum absolute atomic E-state index is 11.0. The number of aliphatic imine (C=N–C) groups is 2. The van der Waals surface area contributed by atoms with E-state index in [1.807, 2.05) is 48.8 Å². The molecule has 3 N–H and O–H groups in total. The van der Waals surface area contributed by atoms with Gasteiger partial charge in [-0.05, 0) is 70.6 Å². The number of rotatable bonds is 5. The Hall–Kier alpha value is -2.64. The van der Waals surface area contributed by atoms with Crippen LogP contribution in [0.1, 0.15) is 104 Å². The normalized spacial score (nSPS) is 23.3. The number of fused-ring (bicyclic) bond motifs is 2. The fourth-order valence-electron chi connectivity index (χ4n) is 6.44. The molecule has 0 spiro atoms. The Morgan fingerprint density at radius 1 is 0.927 bits per heavy atom. The second-order valence-corrected chi connectivity index (χ2v) is 14.2. The van der Waals surface area contributed by atoms with Crippen molar-refractivity contribution >= 4 is 18.4 Å². The first-order valence-corrected chi connectivity index (χ1v) is 14.3. The fraction of sp³-hybridized carbons (Fsp3) is 0.559. The summed E-state index contributed by atoms with van der Waals surface area (Å²) >= 11 is 0. The number of carbonyl (C=O) groups is 1. The van der Waals surface area contributed by atoms with Gasteiger partial charge in [0.05, 0.1) is 12.1 Å². The molecule has 6 nitrogen and oxygen atoms in total. The van der Waals surface area contributed by atoms with Crippen molar-refractivity contribution in [1.29, 1.82) is 0 Å². The van der Waals surface area contributed by atoms with Gasteiger partial charge in [-0.3, -0.25) is 14.8 Å². The van der Waals surface area contributed by atoms with Gasteiger partial charge in [-0.25, -0.2) is 0 Å². The van der Waals surface area contributed by atoms with E-state index < -0.39 is 5.97 Å². The van der Waals surface area contributed by atoms with Crippen LogP contribution in [0.15, 0.2) is 46.4 Å². The number of carboxylic acids is 1. The molecule has 0 heterocycles. The molecule has 2 aromatic rings. The minimum atomic E-state index is -0.833. The van der Waals surface area contributed by atoms with E-state index in [2.05, 4.69) is 55.4 Å². The first-order valence-electron chi connectivity index (χ1n) is 14.3. The van der Waals surface area contributed by atoms with Crippen molar-refractivity contribution in [2.24, 2.45) is 27.2 Å². The monoisotopic (exact) mass is 607 g/mol. The maximum atomic E-state index is 11.0. The van der Waals surface area contributed by atoms with Crippen molar-refractivity contribution in [3.8, 4) is 11.5 Å². The summed E-state index contributed by atoms with van der Waals surface area (Å²) in [5.41, 5.74) is 3.00. The summed E-state index contributed by atoms with van der Waals surface area (Å²) in [5, 5.41) is 29.3. The zero-order chi connectivity index (χ0) is 30.1. The zero-order valence-corrected chi connectivity index (χ0v) is 27.1. The van der Waals surface area contributed by atoms with Crippen LogP contribution in [-0.2, 0) is 32.4 Å². The van der Waals surface area contributed by atoms with Crippen LogP contribution < -0.4 is 0 Å². The minimum absolute atomic E-state index is 0. The zero-order valence-electron chi connectivity index (χ0n) is 26.1. The molecule has 1 radical (unpaired) electrons. The van der Waals surface area contributed by atoms with Crippen LogP contribution in [0.25, 0.3) is 0 Å². The maximum Gasteiger partial charge on any atom is 0.300 e. The van der Waals surface area contributed by atoms with Crippen molar-refractivity contribution in [2.45, 2.75) is 97.9 Å². The molecule has 2 bridgehead atoms. The average molecular weight is 608 g/mol. The van der Waals surface area contributed by atoms with Gasteiger partial charge >= 0.3 is 0 Å². The Kier molecular flexibility index (Phi) is 10.7. The van der Waals surface area contributed by atoms with Crippen molar-refractivity contribution < 1.29 is 36.9 Å². The number of benzene rings is 2. The van der Waals surface area contributed by atoms with Crippen LogP contribution in [0.2, 0.25) is 0 Å². The van der Waals surface area contributed by atoms with Crippen LogP contribution in [0.5, 0.6) is 11.5 Å². The molecule has 7 heteroatoms. The number of aliphatic carboxylic acids is 1. The van der Waals surface area contributed by atoms with Gasteiger partial charge in [0.1, 0.15) is 11.5 Å². The molecule has 3 saturated carbocycles. The largest absolute Gasteiger partial charge is 0.507 e. The van der Waals surface area contributed by atoms with Crippen molar-refractivity contribution in [2.75, 3.05) is 6.54 Å². The molecule has 3 aliphatic rings. The number of hydrogen-bond donors (Lipinski definition) is 3. The molecule has 41 heavy (non-hydrogen) atoms. The molecule has 0 amide bonds. The molecule has 0 saturated heterocycles. The molecule has 0 aliphatic heterocycles. The van der Waals surface area contributed by atoms with Gasteiger partial charge in [0, 0.05) is 47.3 Å². The van der Waals surface area contributed by atoms with Gasteiger partial charge in [-0.1, -0.05) is 79.7 Å². The van der Waals surface area contributed by atoms with Gasteiger partial charge in [-0.15, -0.1) is 0 Å². The van der Waals surface area contributed by atoms with Crippen LogP contribution in [-0.4, -0.2) is 45.8 Å². The molecule has 3 atom stereocenters.